The minimum atomic E-state index is -0.761. The van der Waals surface area contributed by atoms with Crippen molar-refractivity contribution in [2.24, 2.45) is 46.3 Å². The average Bonchev–Trinajstić information content (AvgIpc) is 4.32. The molecule has 0 radical (unpaired) electrons. The number of benzene rings is 4. The maximum absolute atomic E-state index is 7.53. The molecule has 1 unspecified atom stereocenters. The zero-order chi connectivity index (χ0) is 51.5. The first-order valence-corrected chi connectivity index (χ1v) is 28.8. The van der Waals surface area contributed by atoms with E-state index >= 15 is 0 Å². The summed E-state index contributed by atoms with van der Waals surface area (Å²) in [4.78, 5) is 19.0. The number of allylic oxidation sites excluding steroid dienone is 1. The van der Waals surface area contributed by atoms with Crippen LogP contribution in [0.15, 0.2) is 157 Å². The van der Waals surface area contributed by atoms with Crippen LogP contribution in [-0.2, 0) is 4.74 Å². The second-order valence-electron chi connectivity index (χ2n) is 24.3. The SMILES string of the molecule is CC(C)CCC[C@@H](C)[C@H]1CC[C@H]2[C@@H]3CC=C4C[C@@H](OC5Oc6nc5c(-c5ccccc5)c5ccc([nH]5)c(-c5ccccc5)c5nc(c(-c7ccccc7)c7ccc([nH]7)c6-c6ccccc6)C=C5)CC[C@]4(C)[C@H]3CC[C@]12C. The van der Waals surface area contributed by atoms with Crippen LogP contribution < -0.4 is 4.74 Å². The van der Waals surface area contributed by atoms with Crippen molar-refractivity contribution < 1.29 is 9.47 Å². The molecule has 7 aromatic rings. The zero-order valence-corrected chi connectivity index (χ0v) is 45.2. The number of H-pyrrole nitrogens is 2. The molecular formula is C70H74N4O2. The molecule has 6 heteroatoms. The summed E-state index contributed by atoms with van der Waals surface area (Å²) < 4.78 is 14.9. The lowest BCUT2D eigenvalue weighted by Gasteiger charge is -2.58. The molecule has 5 heterocycles. The summed E-state index contributed by atoms with van der Waals surface area (Å²) in [5, 5.41) is 0. The maximum atomic E-state index is 7.53. The predicted octanol–water partition coefficient (Wildman–Crippen LogP) is 18.7. The van der Waals surface area contributed by atoms with E-state index in [-0.39, 0.29) is 11.5 Å². The van der Waals surface area contributed by atoms with Crippen LogP contribution in [0, 0.1) is 46.3 Å². The van der Waals surface area contributed by atoms with Crippen molar-refractivity contribution in [3.05, 3.63) is 174 Å². The van der Waals surface area contributed by atoms with Crippen LogP contribution in [0.2, 0.25) is 0 Å². The van der Waals surface area contributed by atoms with E-state index in [0.717, 1.165) is 138 Å². The molecule has 6 aliphatic rings. The van der Waals surface area contributed by atoms with Crippen molar-refractivity contribution in [1.82, 2.24) is 19.9 Å². The Bertz CT molecular complexity index is 3480. The normalized spacial score (nSPS) is 26.1. The Balaban J connectivity index is 0.937. The summed E-state index contributed by atoms with van der Waals surface area (Å²) in [5.41, 5.74) is 16.7. The minimum Gasteiger partial charge on any atom is -0.441 e. The van der Waals surface area contributed by atoms with Crippen molar-refractivity contribution in [2.75, 3.05) is 0 Å². The second kappa shape index (κ2) is 20.0. The number of aromatic nitrogens is 4. The highest BCUT2D eigenvalue weighted by atomic mass is 16.7. The van der Waals surface area contributed by atoms with Crippen LogP contribution in [0.5, 0.6) is 5.88 Å². The fraction of sp³-hybridized carbons (Fsp3) is 0.371. The minimum absolute atomic E-state index is 0.0251. The number of hydrogen-bond acceptors (Lipinski definition) is 4. The van der Waals surface area contributed by atoms with Gasteiger partial charge in [0, 0.05) is 33.2 Å². The van der Waals surface area contributed by atoms with Gasteiger partial charge in [-0.05, 0) is 156 Å². The number of hydrogen-bond donors (Lipinski definition) is 2. The summed E-state index contributed by atoms with van der Waals surface area (Å²) >= 11 is 0. The molecule has 3 aromatic heterocycles. The largest absolute Gasteiger partial charge is 0.441 e. The molecule has 8 bridgehead atoms. The predicted molar refractivity (Wildman–Crippen MR) is 313 cm³/mol. The topological polar surface area (TPSA) is 75.8 Å². The van der Waals surface area contributed by atoms with Gasteiger partial charge < -0.3 is 19.4 Å². The summed E-state index contributed by atoms with van der Waals surface area (Å²) in [5.74, 6) is 5.36. The Labute approximate surface area is 450 Å². The smallest absolute Gasteiger partial charge is 0.246 e. The molecule has 2 N–H and O–H groups in total. The van der Waals surface area contributed by atoms with Gasteiger partial charge in [0.1, 0.15) is 5.69 Å². The van der Waals surface area contributed by atoms with E-state index in [1.54, 1.807) is 5.57 Å². The van der Waals surface area contributed by atoms with E-state index < -0.39 is 6.29 Å². The number of ether oxygens (including phenoxy) is 2. The Morgan fingerprint density at radius 2 is 1.12 bits per heavy atom. The summed E-state index contributed by atoms with van der Waals surface area (Å²) in [6.45, 7) is 12.7. The summed E-state index contributed by atoms with van der Waals surface area (Å²) in [6, 6.07) is 51.2. The van der Waals surface area contributed by atoms with Gasteiger partial charge in [0.05, 0.1) is 28.6 Å². The van der Waals surface area contributed by atoms with E-state index in [2.05, 4.69) is 208 Å². The molecule has 2 aliphatic heterocycles. The van der Waals surface area contributed by atoms with Crippen molar-refractivity contribution >= 4 is 34.2 Å². The molecule has 3 saturated carbocycles. The van der Waals surface area contributed by atoms with Gasteiger partial charge in [0.25, 0.3) is 0 Å². The zero-order valence-electron chi connectivity index (χ0n) is 45.2. The van der Waals surface area contributed by atoms with Crippen molar-refractivity contribution in [2.45, 2.75) is 118 Å². The van der Waals surface area contributed by atoms with Crippen LogP contribution in [0.3, 0.4) is 0 Å². The third-order valence-electron chi connectivity index (χ3n) is 19.6. The number of nitrogens with one attached hydrogen (secondary N) is 2. The molecule has 6 nitrogen and oxygen atoms in total. The lowest BCUT2D eigenvalue weighted by Crippen LogP contribution is -2.51. The first-order valence-electron chi connectivity index (χ1n) is 28.8. The standard InChI is InChI=1S/C70H74N4O2/c1-44(2)19-18-20-45(3)53-31-32-54-52-30-29-50-43-51(39-41-69(50,4)55(52)40-42-70(53,54)5)75-68-66-64(48-25-14-8-15-26-48)60-37-35-58(72-60)62(46-21-10-6-11-22-46)56-33-34-57(71-56)63(47-23-12-7-13-24-47)59-36-38-61(73-59)65(67(74-66)76-68)49-27-16-9-17-28-49/h6-17,21-29,33-38,44-45,51-55,68,72-73H,18-20,30-32,39-43H2,1-5H3/t45-,51+,52+,53-,54+,55+,68?,69+,70-/m1/s1. The Kier molecular flexibility index (Phi) is 12.8. The number of rotatable bonds is 11. The molecule has 4 aliphatic carbocycles. The number of nitrogens with zero attached hydrogens (tertiary/aromatic N) is 2. The van der Waals surface area contributed by atoms with Crippen molar-refractivity contribution in [3.63, 3.8) is 0 Å². The molecule has 0 spiro atoms. The summed E-state index contributed by atoms with van der Waals surface area (Å²) in [7, 11) is 0. The van der Waals surface area contributed by atoms with Crippen LogP contribution in [-0.4, -0.2) is 26.0 Å². The molecular weight excluding hydrogens is 929 g/mol. The Morgan fingerprint density at radius 1 is 0.579 bits per heavy atom. The van der Waals surface area contributed by atoms with Crippen molar-refractivity contribution in [3.8, 4) is 50.4 Å². The van der Waals surface area contributed by atoms with Gasteiger partial charge in [-0.15, -0.1) is 0 Å². The molecule has 76 heavy (non-hydrogen) atoms. The second-order valence-corrected chi connectivity index (χ2v) is 24.3. The van der Waals surface area contributed by atoms with Gasteiger partial charge in [0.15, 0.2) is 0 Å². The quantitative estimate of drug-likeness (QED) is 0.127. The summed E-state index contributed by atoms with van der Waals surface area (Å²) in [6.07, 6.45) is 20.2. The molecule has 9 atom stereocenters. The molecule has 386 valence electrons. The van der Waals surface area contributed by atoms with Crippen LogP contribution in [0.25, 0.3) is 78.7 Å². The van der Waals surface area contributed by atoms with Gasteiger partial charge in [-0.2, -0.15) is 0 Å². The van der Waals surface area contributed by atoms with Crippen LogP contribution in [0.4, 0.5) is 0 Å². The van der Waals surface area contributed by atoms with Crippen LogP contribution >= 0.6 is 0 Å². The lowest BCUT2D eigenvalue weighted by atomic mass is 9.47. The van der Waals surface area contributed by atoms with Gasteiger partial charge in [-0.25, -0.2) is 9.97 Å². The first kappa shape index (κ1) is 48.9. The van der Waals surface area contributed by atoms with Gasteiger partial charge in [0.2, 0.25) is 12.2 Å². The van der Waals surface area contributed by atoms with E-state index in [0.29, 0.717) is 11.3 Å². The molecule has 3 fully saturated rings. The van der Waals surface area contributed by atoms with E-state index in [1.807, 2.05) is 0 Å². The fourth-order valence-electron chi connectivity index (χ4n) is 15.8. The average molecular weight is 1000 g/mol. The third-order valence-corrected chi connectivity index (χ3v) is 19.6. The fourth-order valence-corrected chi connectivity index (χ4v) is 15.8. The molecule has 0 saturated heterocycles. The van der Waals surface area contributed by atoms with Gasteiger partial charge >= 0.3 is 0 Å². The van der Waals surface area contributed by atoms with Gasteiger partial charge in [-0.3, -0.25) is 0 Å². The van der Waals surface area contributed by atoms with Gasteiger partial charge in [-0.1, -0.05) is 187 Å². The monoisotopic (exact) mass is 1000 g/mol. The lowest BCUT2D eigenvalue weighted by molar-refractivity contribution is -0.133. The molecule has 13 rings (SSSR count). The maximum Gasteiger partial charge on any atom is 0.246 e. The Morgan fingerprint density at radius 3 is 1.70 bits per heavy atom. The Hall–Kier alpha value is -6.76. The highest BCUT2D eigenvalue weighted by Crippen LogP contribution is 2.67. The number of fused-ring (bicyclic) bond motifs is 13. The van der Waals surface area contributed by atoms with E-state index in [4.69, 9.17) is 19.4 Å². The van der Waals surface area contributed by atoms with E-state index in [9.17, 15) is 0 Å². The number of aromatic amines is 2. The molecule has 0 amide bonds. The highest BCUT2D eigenvalue weighted by Gasteiger charge is 2.59. The highest BCUT2D eigenvalue weighted by molar-refractivity contribution is 5.97. The molecule has 4 aromatic carbocycles. The first-order chi connectivity index (χ1) is 37.1. The van der Waals surface area contributed by atoms with Crippen LogP contribution in [0.1, 0.15) is 129 Å². The van der Waals surface area contributed by atoms with Crippen molar-refractivity contribution in [1.29, 1.82) is 0 Å². The van der Waals surface area contributed by atoms with E-state index in [1.165, 1.54) is 51.4 Å². The third kappa shape index (κ3) is 8.69.